The number of rotatable bonds is 7. The number of carboxylic acid groups (broad SMARTS) is 1. The Morgan fingerprint density at radius 2 is 1.86 bits per heavy atom. The number of benzene rings is 2. The van der Waals surface area contributed by atoms with E-state index in [9.17, 15) is 9.59 Å². The van der Waals surface area contributed by atoms with Crippen molar-refractivity contribution >= 4 is 51.3 Å². The molecule has 2 aromatic carbocycles. The maximum Gasteiger partial charge on any atom is 0.337 e. The molecule has 1 heterocycles. The van der Waals surface area contributed by atoms with Gasteiger partial charge in [-0.2, -0.15) is 0 Å². The highest BCUT2D eigenvalue weighted by molar-refractivity contribution is 7.13. The number of anilines is 3. The van der Waals surface area contributed by atoms with Gasteiger partial charge in [-0.25, -0.2) is 9.78 Å². The molecule has 144 valence electrons. The summed E-state index contributed by atoms with van der Waals surface area (Å²) in [4.78, 5) is 27.8. The van der Waals surface area contributed by atoms with Crippen LogP contribution in [-0.4, -0.2) is 22.0 Å². The fraction of sp³-hybridized carbons (Fsp3) is 0.150. The molecule has 28 heavy (non-hydrogen) atoms. The van der Waals surface area contributed by atoms with E-state index in [0.717, 1.165) is 12.1 Å². The molecule has 8 heteroatoms. The quantitative estimate of drug-likeness (QED) is 0.506. The number of carboxylic acids is 1. The van der Waals surface area contributed by atoms with Crippen LogP contribution in [0.1, 0.15) is 28.5 Å². The first-order valence-corrected chi connectivity index (χ1v) is 9.83. The molecule has 0 bridgehead atoms. The monoisotopic (exact) mass is 415 g/mol. The maximum atomic E-state index is 12.2. The lowest BCUT2D eigenvalue weighted by Crippen LogP contribution is -2.15. The number of hydrogen-bond acceptors (Lipinski definition) is 5. The van der Waals surface area contributed by atoms with Crippen molar-refractivity contribution in [2.24, 2.45) is 0 Å². The molecule has 3 aromatic rings. The number of nitrogens with zero attached hydrogens (tertiary/aromatic N) is 1. The van der Waals surface area contributed by atoms with Gasteiger partial charge in [0.05, 0.1) is 22.7 Å². The smallest absolute Gasteiger partial charge is 0.337 e. The highest BCUT2D eigenvalue weighted by atomic mass is 35.5. The topological polar surface area (TPSA) is 91.3 Å². The van der Waals surface area contributed by atoms with Crippen molar-refractivity contribution in [2.45, 2.75) is 19.8 Å². The number of hydrogen-bond donors (Lipinski definition) is 3. The van der Waals surface area contributed by atoms with Gasteiger partial charge in [-0.3, -0.25) is 4.79 Å². The molecule has 6 nitrogen and oxygen atoms in total. The zero-order valence-corrected chi connectivity index (χ0v) is 16.6. The van der Waals surface area contributed by atoms with Gasteiger partial charge < -0.3 is 15.7 Å². The second-order valence-electron chi connectivity index (χ2n) is 6.04. The van der Waals surface area contributed by atoms with Crippen LogP contribution in [0.25, 0.3) is 0 Å². The van der Waals surface area contributed by atoms with E-state index in [1.165, 1.54) is 29.0 Å². The molecule has 1 aromatic heterocycles. The molecule has 3 rings (SSSR count). The predicted molar refractivity (Wildman–Crippen MR) is 112 cm³/mol. The van der Waals surface area contributed by atoms with Gasteiger partial charge in [0.25, 0.3) is 0 Å². The summed E-state index contributed by atoms with van der Waals surface area (Å²) in [6, 6.07) is 12.4. The van der Waals surface area contributed by atoms with Crippen molar-refractivity contribution in [3.8, 4) is 0 Å². The Bertz CT molecular complexity index is 1000. The molecule has 0 saturated heterocycles. The molecular formula is C20H18ClN3O3S. The van der Waals surface area contributed by atoms with Crippen molar-refractivity contribution < 1.29 is 14.7 Å². The van der Waals surface area contributed by atoms with E-state index >= 15 is 0 Å². The van der Waals surface area contributed by atoms with E-state index < -0.39 is 5.97 Å². The Labute approximate surface area is 171 Å². The zero-order chi connectivity index (χ0) is 20.1. The molecule has 0 aliphatic rings. The van der Waals surface area contributed by atoms with Crippen LogP contribution < -0.4 is 10.6 Å². The Balaban J connectivity index is 1.60. The lowest BCUT2D eigenvalue weighted by molar-refractivity contribution is -0.115. The zero-order valence-electron chi connectivity index (χ0n) is 15.0. The Morgan fingerprint density at radius 3 is 2.54 bits per heavy atom. The fourth-order valence-electron chi connectivity index (χ4n) is 2.53. The van der Waals surface area contributed by atoms with Crippen molar-refractivity contribution in [1.29, 1.82) is 0 Å². The number of carbonyl (C=O) groups excluding carboxylic acids is 1. The van der Waals surface area contributed by atoms with Crippen LogP contribution in [0.4, 0.5) is 16.5 Å². The molecule has 0 saturated carbocycles. The first-order chi connectivity index (χ1) is 13.4. The molecule has 0 radical (unpaired) electrons. The third-order valence-electron chi connectivity index (χ3n) is 3.99. The summed E-state index contributed by atoms with van der Waals surface area (Å²) in [6.07, 6.45) is 1.07. The van der Waals surface area contributed by atoms with Crippen LogP contribution in [0.5, 0.6) is 0 Å². The molecule has 0 atom stereocenters. The Kier molecular flexibility index (Phi) is 6.28. The van der Waals surface area contributed by atoms with Gasteiger partial charge in [0, 0.05) is 16.8 Å². The molecule has 0 spiro atoms. The van der Waals surface area contributed by atoms with Gasteiger partial charge in [0.1, 0.15) is 0 Å². The number of nitrogens with one attached hydrogen (secondary N) is 2. The first kappa shape index (κ1) is 19.9. The van der Waals surface area contributed by atoms with Crippen LogP contribution in [0.15, 0.2) is 47.8 Å². The molecular weight excluding hydrogens is 398 g/mol. The van der Waals surface area contributed by atoms with Crippen LogP contribution in [-0.2, 0) is 17.6 Å². The molecule has 0 aliphatic heterocycles. The summed E-state index contributed by atoms with van der Waals surface area (Å²) < 4.78 is 0. The largest absolute Gasteiger partial charge is 0.478 e. The summed E-state index contributed by atoms with van der Waals surface area (Å²) in [5, 5.41) is 17.6. The number of aromatic carboxylic acids is 1. The van der Waals surface area contributed by atoms with Gasteiger partial charge in [0.15, 0.2) is 5.13 Å². The Morgan fingerprint density at radius 1 is 1.14 bits per heavy atom. The number of amides is 1. The van der Waals surface area contributed by atoms with Gasteiger partial charge in [-0.05, 0) is 42.3 Å². The molecule has 0 fully saturated rings. The number of carbonyl (C=O) groups is 2. The normalized spacial score (nSPS) is 10.5. The average Bonchev–Trinajstić information content (AvgIpc) is 3.10. The van der Waals surface area contributed by atoms with Crippen LogP contribution in [0.2, 0.25) is 5.02 Å². The van der Waals surface area contributed by atoms with Crippen molar-refractivity contribution in [2.75, 3.05) is 10.6 Å². The second-order valence-corrected chi connectivity index (χ2v) is 7.31. The number of halogens is 1. The van der Waals surface area contributed by atoms with Gasteiger partial charge in [0.2, 0.25) is 5.91 Å². The average molecular weight is 416 g/mol. The highest BCUT2D eigenvalue weighted by Gasteiger charge is 2.12. The summed E-state index contributed by atoms with van der Waals surface area (Å²) in [6.45, 7) is 2.10. The third-order valence-corrected chi connectivity index (χ3v) is 5.12. The Hall–Kier alpha value is -2.90. The standard InChI is InChI=1S/C20H18ClN3O3S/c1-2-12-3-5-13(6-4-12)23-20-24-15(11-28-20)10-18(25)22-14-7-8-17(21)16(9-14)19(26)27/h3-9,11H,2,10H2,1H3,(H,22,25)(H,23,24)(H,26,27). The summed E-state index contributed by atoms with van der Waals surface area (Å²) in [5.41, 5.74) is 3.13. The SMILES string of the molecule is CCc1ccc(Nc2nc(CC(=O)Nc3ccc(Cl)c(C(=O)O)c3)cs2)cc1. The van der Waals surface area contributed by atoms with E-state index in [2.05, 4.69) is 34.7 Å². The summed E-state index contributed by atoms with van der Waals surface area (Å²) >= 11 is 7.25. The lowest BCUT2D eigenvalue weighted by atomic mass is 10.1. The van der Waals surface area contributed by atoms with Crippen LogP contribution in [0, 0.1) is 0 Å². The van der Waals surface area contributed by atoms with Gasteiger partial charge in [-0.15, -0.1) is 11.3 Å². The predicted octanol–water partition coefficient (Wildman–Crippen LogP) is 4.98. The molecule has 1 amide bonds. The number of thiazole rings is 1. The second kappa shape index (κ2) is 8.86. The highest BCUT2D eigenvalue weighted by Crippen LogP contribution is 2.23. The number of aryl methyl sites for hydroxylation is 1. The van der Waals surface area contributed by atoms with Crippen molar-refractivity contribution in [3.05, 3.63) is 69.7 Å². The minimum Gasteiger partial charge on any atom is -0.478 e. The minimum absolute atomic E-state index is 0.0614. The van der Waals surface area contributed by atoms with Crippen LogP contribution >= 0.6 is 22.9 Å². The van der Waals surface area contributed by atoms with E-state index in [4.69, 9.17) is 16.7 Å². The summed E-state index contributed by atoms with van der Waals surface area (Å²) in [5.74, 6) is -1.44. The fourth-order valence-corrected chi connectivity index (χ4v) is 3.46. The number of aromatic nitrogens is 1. The lowest BCUT2D eigenvalue weighted by Gasteiger charge is -2.06. The summed E-state index contributed by atoms with van der Waals surface area (Å²) in [7, 11) is 0. The van der Waals surface area contributed by atoms with E-state index in [0.29, 0.717) is 16.5 Å². The van der Waals surface area contributed by atoms with E-state index in [1.807, 2.05) is 17.5 Å². The van der Waals surface area contributed by atoms with Crippen LogP contribution in [0.3, 0.4) is 0 Å². The maximum absolute atomic E-state index is 12.2. The molecule has 3 N–H and O–H groups in total. The van der Waals surface area contributed by atoms with Gasteiger partial charge in [-0.1, -0.05) is 30.7 Å². The van der Waals surface area contributed by atoms with E-state index in [-0.39, 0.29) is 22.9 Å². The first-order valence-electron chi connectivity index (χ1n) is 8.57. The van der Waals surface area contributed by atoms with Gasteiger partial charge >= 0.3 is 5.97 Å². The van der Waals surface area contributed by atoms with Crippen molar-refractivity contribution in [1.82, 2.24) is 4.98 Å². The minimum atomic E-state index is -1.15. The van der Waals surface area contributed by atoms with E-state index in [1.54, 1.807) is 6.07 Å². The molecule has 0 aliphatic carbocycles. The molecule has 0 unspecified atom stereocenters. The third kappa shape index (κ3) is 5.09. The van der Waals surface area contributed by atoms with Crippen molar-refractivity contribution in [3.63, 3.8) is 0 Å².